The number of rotatable bonds is 1. The van der Waals surface area contributed by atoms with Crippen molar-refractivity contribution >= 4 is 18.5 Å². The second kappa shape index (κ2) is 5.03. The fraction of sp³-hybridized carbons (Fsp3) is 0.429. The first-order valence-corrected chi connectivity index (χ1v) is 5.91. The van der Waals surface area contributed by atoms with Crippen LogP contribution in [0.5, 0.6) is 0 Å². The van der Waals surface area contributed by atoms with Crippen molar-refractivity contribution in [1.29, 1.82) is 0 Å². The van der Waals surface area contributed by atoms with Gasteiger partial charge in [0.15, 0.2) is 0 Å². The minimum Gasteiger partial charge on any atom is -0.311 e. The van der Waals surface area contributed by atoms with E-state index in [1.54, 1.807) is 5.57 Å². The smallest absolute Gasteiger partial charge is 0.0108 e. The number of fused-ring (bicyclic) bond motifs is 2. The molecule has 2 heteroatoms. The minimum absolute atomic E-state index is 0. The van der Waals surface area contributed by atoms with Crippen LogP contribution in [0.4, 0.5) is 0 Å². The number of hydrogen-bond donors (Lipinski definition) is 1. The zero-order valence-electron chi connectivity index (χ0n) is 9.36. The van der Waals surface area contributed by atoms with E-state index in [2.05, 4.69) is 41.7 Å². The molecule has 2 aliphatic rings. The van der Waals surface area contributed by atoms with Crippen LogP contribution in [-0.2, 0) is 0 Å². The molecule has 16 heavy (non-hydrogen) atoms. The number of piperidine rings is 1. The second-order valence-corrected chi connectivity index (χ2v) is 4.76. The van der Waals surface area contributed by atoms with Crippen LogP contribution in [0.25, 0.3) is 6.08 Å². The van der Waals surface area contributed by atoms with Crippen molar-refractivity contribution in [3.8, 4) is 0 Å². The van der Waals surface area contributed by atoms with Crippen molar-refractivity contribution in [3.05, 3.63) is 41.5 Å². The Morgan fingerprint density at radius 1 is 1.00 bits per heavy atom. The SMILES string of the molecule is C(=C1CC2CCC(C1)N2)c1ccccc1.Cl. The lowest BCUT2D eigenvalue weighted by atomic mass is 9.97. The summed E-state index contributed by atoms with van der Waals surface area (Å²) in [5, 5.41) is 3.67. The summed E-state index contributed by atoms with van der Waals surface area (Å²) in [7, 11) is 0. The van der Waals surface area contributed by atoms with E-state index in [-0.39, 0.29) is 12.4 Å². The van der Waals surface area contributed by atoms with Gasteiger partial charge in [0, 0.05) is 12.1 Å². The average Bonchev–Trinajstić information content (AvgIpc) is 2.60. The highest BCUT2D eigenvalue weighted by Gasteiger charge is 2.29. The Morgan fingerprint density at radius 3 is 2.25 bits per heavy atom. The van der Waals surface area contributed by atoms with Crippen molar-refractivity contribution < 1.29 is 0 Å². The van der Waals surface area contributed by atoms with Crippen LogP contribution in [0.1, 0.15) is 31.2 Å². The van der Waals surface area contributed by atoms with E-state index < -0.39 is 0 Å². The molecule has 0 radical (unpaired) electrons. The van der Waals surface area contributed by atoms with E-state index in [4.69, 9.17) is 0 Å². The Kier molecular flexibility index (Phi) is 3.67. The van der Waals surface area contributed by atoms with Gasteiger partial charge in [0.05, 0.1) is 0 Å². The monoisotopic (exact) mass is 235 g/mol. The molecule has 2 unspecified atom stereocenters. The Labute approximate surface area is 103 Å². The van der Waals surface area contributed by atoms with Crippen molar-refractivity contribution in [3.63, 3.8) is 0 Å². The van der Waals surface area contributed by atoms with Gasteiger partial charge < -0.3 is 5.32 Å². The third kappa shape index (κ3) is 2.47. The number of hydrogen-bond acceptors (Lipinski definition) is 1. The molecule has 1 N–H and O–H groups in total. The molecule has 1 nitrogen and oxygen atoms in total. The predicted octanol–water partition coefficient (Wildman–Crippen LogP) is 3.41. The first kappa shape index (κ1) is 11.7. The quantitative estimate of drug-likeness (QED) is 0.787. The van der Waals surface area contributed by atoms with Gasteiger partial charge in [-0.3, -0.25) is 0 Å². The molecule has 1 aromatic rings. The van der Waals surface area contributed by atoms with Gasteiger partial charge in [-0.2, -0.15) is 0 Å². The molecular formula is C14H18ClN. The molecule has 1 aromatic carbocycles. The molecule has 0 amide bonds. The van der Waals surface area contributed by atoms with Crippen molar-refractivity contribution in [2.75, 3.05) is 0 Å². The van der Waals surface area contributed by atoms with Crippen LogP contribution >= 0.6 is 12.4 Å². The van der Waals surface area contributed by atoms with E-state index in [9.17, 15) is 0 Å². The maximum absolute atomic E-state index is 3.67. The first-order chi connectivity index (χ1) is 7.40. The highest BCUT2D eigenvalue weighted by Crippen LogP contribution is 2.31. The molecule has 2 saturated heterocycles. The minimum atomic E-state index is 0. The molecule has 86 valence electrons. The van der Waals surface area contributed by atoms with Gasteiger partial charge in [0.25, 0.3) is 0 Å². The molecule has 2 bridgehead atoms. The van der Waals surface area contributed by atoms with Crippen LogP contribution in [-0.4, -0.2) is 12.1 Å². The largest absolute Gasteiger partial charge is 0.311 e. The molecule has 2 atom stereocenters. The van der Waals surface area contributed by atoms with Gasteiger partial charge in [-0.15, -0.1) is 12.4 Å². The zero-order valence-corrected chi connectivity index (χ0v) is 10.2. The zero-order chi connectivity index (χ0) is 10.1. The lowest BCUT2D eigenvalue weighted by molar-refractivity contribution is 0.476. The van der Waals surface area contributed by atoms with Gasteiger partial charge >= 0.3 is 0 Å². The van der Waals surface area contributed by atoms with Crippen LogP contribution < -0.4 is 5.32 Å². The third-order valence-electron chi connectivity index (χ3n) is 3.52. The van der Waals surface area contributed by atoms with E-state index >= 15 is 0 Å². The van der Waals surface area contributed by atoms with E-state index in [0.29, 0.717) is 0 Å². The highest BCUT2D eigenvalue weighted by molar-refractivity contribution is 5.85. The van der Waals surface area contributed by atoms with E-state index in [1.165, 1.54) is 31.2 Å². The normalized spacial score (nSPS) is 27.4. The fourth-order valence-corrected chi connectivity index (χ4v) is 2.84. The van der Waals surface area contributed by atoms with Gasteiger partial charge in [-0.05, 0) is 31.2 Å². The summed E-state index contributed by atoms with van der Waals surface area (Å²) in [6.07, 6.45) is 7.64. The maximum Gasteiger partial charge on any atom is 0.0108 e. The fourth-order valence-electron chi connectivity index (χ4n) is 2.84. The van der Waals surface area contributed by atoms with Crippen LogP contribution in [0, 0.1) is 0 Å². The Bertz CT molecular complexity index is 358. The predicted molar refractivity (Wildman–Crippen MR) is 70.8 cm³/mol. The van der Waals surface area contributed by atoms with Crippen LogP contribution in [0.15, 0.2) is 35.9 Å². The third-order valence-corrected chi connectivity index (χ3v) is 3.52. The lowest BCUT2D eigenvalue weighted by Gasteiger charge is -2.23. The molecule has 0 aromatic heterocycles. The highest BCUT2D eigenvalue weighted by atomic mass is 35.5. The molecule has 0 aliphatic carbocycles. The summed E-state index contributed by atoms with van der Waals surface area (Å²) in [6.45, 7) is 0. The molecule has 2 aliphatic heterocycles. The van der Waals surface area contributed by atoms with Crippen molar-refractivity contribution in [2.45, 2.75) is 37.8 Å². The Morgan fingerprint density at radius 2 is 1.62 bits per heavy atom. The van der Waals surface area contributed by atoms with Crippen molar-refractivity contribution in [1.82, 2.24) is 5.32 Å². The second-order valence-electron chi connectivity index (χ2n) is 4.76. The standard InChI is InChI=1S/C14H17N.ClH/c1-2-4-11(5-3-1)8-12-9-13-6-7-14(10-12)15-13;/h1-5,8,13-15H,6-7,9-10H2;1H. The van der Waals surface area contributed by atoms with Gasteiger partial charge in [0.2, 0.25) is 0 Å². The van der Waals surface area contributed by atoms with Crippen molar-refractivity contribution in [2.24, 2.45) is 0 Å². The number of halogens is 1. The van der Waals surface area contributed by atoms with Crippen LogP contribution in [0.3, 0.4) is 0 Å². The summed E-state index contributed by atoms with van der Waals surface area (Å²) in [5.41, 5.74) is 2.99. The number of nitrogens with one attached hydrogen (secondary N) is 1. The number of benzene rings is 1. The summed E-state index contributed by atoms with van der Waals surface area (Å²) < 4.78 is 0. The van der Waals surface area contributed by atoms with Gasteiger partial charge in [-0.25, -0.2) is 0 Å². The Hall–Kier alpha value is -0.790. The van der Waals surface area contributed by atoms with E-state index in [1.807, 2.05) is 0 Å². The molecule has 3 rings (SSSR count). The van der Waals surface area contributed by atoms with Gasteiger partial charge in [0.1, 0.15) is 0 Å². The molecule has 2 fully saturated rings. The summed E-state index contributed by atoms with van der Waals surface area (Å²) in [5.74, 6) is 0. The van der Waals surface area contributed by atoms with Crippen LogP contribution in [0.2, 0.25) is 0 Å². The average molecular weight is 236 g/mol. The van der Waals surface area contributed by atoms with E-state index in [0.717, 1.165) is 12.1 Å². The molecule has 0 saturated carbocycles. The summed E-state index contributed by atoms with van der Waals surface area (Å²) >= 11 is 0. The van der Waals surface area contributed by atoms with Gasteiger partial charge in [-0.1, -0.05) is 42.0 Å². The maximum atomic E-state index is 3.67. The first-order valence-electron chi connectivity index (χ1n) is 5.91. The topological polar surface area (TPSA) is 12.0 Å². The summed E-state index contributed by atoms with van der Waals surface area (Å²) in [6, 6.07) is 12.2. The Balaban J connectivity index is 0.000000963. The molecule has 0 spiro atoms. The molecular weight excluding hydrogens is 218 g/mol. The molecule has 2 heterocycles. The summed E-state index contributed by atoms with van der Waals surface area (Å²) in [4.78, 5) is 0. The lowest BCUT2D eigenvalue weighted by Crippen LogP contribution is -2.34.